The van der Waals surface area contributed by atoms with E-state index in [-0.39, 0.29) is 10.8 Å². The molecule has 1 rings (SSSR count). The van der Waals surface area contributed by atoms with Gasteiger partial charge in [-0.2, -0.15) is 11.8 Å². The van der Waals surface area contributed by atoms with E-state index in [1.54, 1.807) is 0 Å². The van der Waals surface area contributed by atoms with Gasteiger partial charge in [0.25, 0.3) is 0 Å². The fourth-order valence-corrected chi connectivity index (χ4v) is 5.11. The monoisotopic (exact) mass is 448 g/mol. The standard InChI is InChI=1S/C29H52OS/c1-8-9-10-11-12-13-14-15-16-17-20-31-21-18-19-24-22-25(28(2,3)4)27(30)26(23-24)29(5,6)7/h22-23,30H,8-21H2,1-7H3. The van der Waals surface area contributed by atoms with Crippen LogP contribution in [0.1, 0.15) is 136 Å². The van der Waals surface area contributed by atoms with Gasteiger partial charge in [0.1, 0.15) is 5.75 Å². The van der Waals surface area contributed by atoms with Crippen molar-refractivity contribution in [3.8, 4) is 5.75 Å². The quantitative estimate of drug-likeness (QED) is 0.269. The minimum absolute atomic E-state index is 0.0374. The molecule has 1 nitrogen and oxygen atoms in total. The molecule has 2 heteroatoms. The second-order valence-corrected chi connectivity index (χ2v) is 12.7. The van der Waals surface area contributed by atoms with E-state index in [0.717, 1.165) is 17.5 Å². The van der Waals surface area contributed by atoms with Gasteiger partial charge in [0.15, 0.2) is 0 Å². The smallest absolute Gasteiger partial charge is 0.123 e. The van der Waals surface area contributed by atoms with Gasteiger partial charge in [-0.05, 0) is 58.3 Å². The minimum Gasteiger partial charge on any atom is -0.507 e. The molecule has 1 N–H and O–H groups in total. The number of aryl methyl sites for hydroxylation is 1. The average Bonchev–Trinajstić information content (AvgIpc) is 2.67. The SMILES string of the molecule is CCCCCCCCCCCCSCCCc1cc(C(C)(C)C)c(O)c(C(C)(C)C)c1. The van der Waals surface area contributed by atoms with Crippen LogP contribution in [0.3, 0.4) is 0 Å². The van der Waals surface area contributed by atoms with Crippen LogP contribution < -0.4 is 0 Å². The van der Waals surface area contributed by atoms with Crippen LogP contribution in [0.15, 0.2) is 12.1 Å². The molecule has 0 spiro atoms. The van der Waals surface area contributed by atoms with Crippen LogP contribution in [0.5, 0.6) is 5.75 Å². The molecular weight excluding hydrogens is 396 g/mol. The maximum Gasteiger partial charge on any atom is 0.123 e. The van der Waals surface area contributed by atoms with Gasteiger partial charge in [0.2, 0.25) is 0 Å². The lowest BCUT2D eigenvalue weighted by molar-refractivity contribution is 0.422. The van der Waals surface area contributed by atoms with E-state index in [1.807, 2.05) is 0 Å². The van der Waals surface area contributed by atoms with E-state index >= 15 is 0 Å². The Labute approximate surface area is 199 Å². The Morgan fingerprint density at radius 2 is 1.06 bits per heavy atom. The average molecular weight is 449 g/mol. The first-order valence-corrected chi connectivity index (χ1v) is 14.2. The lowest BCUT2D eigenvalue weighted by Crippen LogP contribution is -2.18. The highest BCUT2D eigenvalue weighted by Crippen LogP contribution is 2.40. The van der Waals surface area contributed by atoms with Crippen molar-refractivity contribution in [2.45, 2.75) is 136 Å². The first kappa shape index (κ1) is 28.4. The molecule has 0 heterocycles. The second-order valence-electron chi connectivity index (χ2n) is 11.4. The van der Waals surface area contributed by atoms with E-state index in [1.165, 1.54) is 87.7 Å². The van der Waals surface area contributed by atoms with Crippen LogP contribution >= 0.6 is 11.8 Å². The van der Waals surface area contributed by atoms with Gasteiger partial charge in [-0.25, -0.2) is 0 Å². The number of phenols is 1. The summed E-state index contributed by atoms with van der Waals surface area (Å²) in [6.07, 6.45) is 16.5. The lowest BCUT2D eigenvalue weighted by Gasteiger charge is -2.28. The third kappa shape index (κ3) is 11.7. The molecule has 0 unspecified atom stereocenters. The Hall–Kier alpha value is -0.630. The van der Waals surface area contributed by atoms with Crippen LogP contribution in [0.25, 0.3) is 0 Å². The molecule has 31 heavy (non-hydrogen) atoms. The van der Waals surface area contributed by atoms with Gasteiger partial charge in [-0.3, -0.25) is 0 Å². The van der Waals surface area contributed by atoms with E-state index in [0.29, 0.717) is 5.75 Å². The summed E-state index contributed by atoms with van der Waals surface area (Å²) in [7, 11) is 0. The highest BCUT2D eigenvalue weighted by molar-refractivity contribution is 7.99. The van der Waals surface area contributed by atoms with Crippen LogP contribution in [0.4, 0.5) is 0 Å². The van der Waals surface area contributed by atoms with Crippen LogP contribution in [0.2, 0.25) is 0 Å². The van der Waals surface area contributed by atoms with Crippen molar-refractivity contribution in [1.29, 1.82) is 0 Å². The molecule has 0 aliphatic heterocycles. The Balaban J connectivity index is 2.28. The Morgan fingerprint density at radius 1 is 0.645 bits per heavy atom. The van der Waals surface area contributed by atoms with Crippen LogP contribution in [-0.4, -0.2) is 16.6 Å². The van der Waals surface area contributed by atoms with Gasteiger partial charge in [-0.1, -0.05) is 118 Å². The normalized spacial score (nSPS) is 12.5. The molecule has 0 aliphatic rings. The first-order valence-electron chi connectivity index (χ1n) is 13.0. The zero-order valence-corrected chi connectivity index (χ0v) is 22.7. The van der Waals surface area contributed by atoms with Gasteiger partial charge in [0, 0.05) is 0 Å². The van der Waals surface area contributed by atoms with Crippen molar-refractivity contribution in [1.82, 2.24) is 0 Å². The predicted octanol–water partition coefficient (Wildman–Crippen LogP) is 9.57. The summed E-state index contributed by atoms with van der Waals surface area (Å²) in [5, 5.41) is 10.9. The zero-order valence-electron chi connectivity index (χ0n) is 21.9. The topological polar surface area (TPSA) is 20.2 Å². The molecule has 1 aromatic carbocycles. The van der Waals surface area contributed by atoms with E-state index in [4.69, 9.17) is 0 Å². The number of phenolic OH excluding ortho intramolecular Hbond substituents is 1. The third-order valence-electron chi connectivity index (χ3n) is 6.18. The Kier molecular flexibility index (Phi) is 13.3. The third-order valence-corrected chi connectivity index (χ3v) is 7.34. The molecule has 1 aromatic rings. The number of aromatic hydroxyl groups is 1. The number of benzene rings is 1. The van der Waals surface area contributed by atoms with Crippen LogP contribution in [0, 0.1) is 0 Å². The van der Waals surface area contributed by atoms with Crippen molar-refractivity contribution in [2.75, 3.05) is 11.5 Å². The van der Waals surface area contributed by atoms with Crippen molar-refractivity contribution < 1.29 is 5.11 Å². The second kappa shape index (κ2) is 14.5. The van der Waals surface area contributed by atoms with E-state index in [2.05, 4.69) is 72.4 Å². The molecule has 0 atom stereocenters. The van der Waals surface area contributed by atoms with Crippen molar-refractivity contribution in [3.05, 3.63) is 28.8 Å². The minimum atomic E-state index is -0.0374. The molecule has 0 saturated heterocycles. The number of rotatable bonds is 15. The summed E-state index contributed by atoms with van der Waals surface area (Å²) in [5.41, 5.74) is 3.49. The largest absolute Gasteiger partial charge is 0.507 e. The number of hydrogen-bond acceptors (Lipinski definition) is 2. The van der Waals surface area contributed by atoms with Crippen molar-refractivity contribution in [3.63, 3.8) is 0 Å². The van der Waals surface area contributed by atoms with Gasteiger partial charge in [0.05, 0.1) is 0 Å². The van der Waals surface area contributed by atoms with E-state index in [9.17, 15) is 5.11 Å². The Bertz CT molecular complexity index is 571. The van der Waals surface area contributed by atoms with Crippen molar-refractivity contribution >= 4 is 11.8 Å². The first-order chi connectivity index (χ1) is 14.6. The molecule has 180 valence electrons. The van der Waals surface area contributed by atoms with E-state index < -0.39 is 0 Å². The molecule has 0 aliphatic carbocycles. The Morgan fingerprint density at radius 3 is 1.52 bits per heavy atom. The molecule has 0 amide bonds. The summed E-state index contributed by atoms with van der Waals surface area (Å²) < 4.78 is 0. The van der Waals surface area contributed by atoms with Crippen LogP contribution in [-0.2, 0) is 17.3 Å². The summed E-state index contributed by atoms with van der Waals surface area (Å²) in [6.45, 7) is 15.5. The number of thioether (sulfide) groups is 1. The summed E-state index contributed by atoms with van der Waals surface area (Å²) in [6, 6.07) is 4.50. The predicted molar refractivity (Wildman–Crippen MR) is 143 cm³/mol. The van der Waals surface area contributed by atoms with Gasteiger partial charge >= 0.3 is 0 Å². The fraction of sp³-hybridized carbons (Fsp3) is 0.793. The molecular formula is C29H52OS. The molecule has 0 radical (unpaired) electrons. The highest BCUT2D eigenvalue weighted by Gasteiger charge is 2.26. The molecule has 0 bridgehead atoms. The molecule has 0 saturated carbocycles. The fourth-order valence-electron chi connectivity index (χ4n) is 4.15. The highest BCUT2D eigenvalue weighted by atomic mass is 32.2. The van der Waals surface area contributed by atoms with Crippen molar-refractivity contribution in [2.24, 2.45) is 0 Å². The number of unbranched alkanes of at least 4 members (excludes halogenated alkanes) is 9. The molecule has 0 aromatic heterocycles. The van der Waals surface area contributed by atoms with Gasteiger partial charge in [-0.15, -0.1) is 0 Å². The summed E-state index contributed by atoms with van der Waals surface area (Å²) in [5.74, 6) is 3.06. The maximum absolute atomic E-state index is 10.9. The maximum atomic E-state index is 10.9. The van der Waals surface area contributed by atoms with Gasteiger partial charge < -0.3 is 5.11 Å². The lowest BCUT2D eigenvalue weighted by atomic mass is 9.78. The summed E-state index contributed by atoms with van der Waals surface area (Å²) >= 11 is 2.12. The number of hydrogen-bond donors (Lipinski definition) is 1. The zero-order chi connectivity index (χ0) is 23.3. The molecule has 0 fully saturated rings. The summed E-state index contributed by atoms with van der Waals surface area (Å²) in [4.78, 5) is 0.